The largest absolute Gasteiger partial charge is 0.337 e. The number of para-hydroxylation sites is 1. The molecule has 150 valence electrons. The molecule has 30 heavy (non-hydrogen) atoms. The number of benzene rings is 1. The Hall–Kier alpha value is -2.64. The van der Waals surface area contributed by atoms with E-state index in [1.54, 1.807) is 11.3 Å². The Balaban J connectivity index is 1.49. The van der Waals surface area contributed by atoms with Crippen LogP contribution in [-0.2, 0) is 0 Å². The summed E-state index contributed by atoms with van der Waals surface area (Å²) in [6.45, 7) is 2.27. The van der Waals surface area contributed by atoms with E-state index in [4.69, 9.17) is 9.98 Å². The second-order valence-corrected chi connectivity index (χ2v) is 9.60. The highest BCUT2D eigenvalue weighted by Gasteiger charge is 2.46. The number of thioether (sulfide) groups is 1. The van der Waals surface area contributed by atoms with Crippen molar-refractivity contribution in [1.82, 2.24) is 19.4 Å². The van der Waals surface area contributed by atoms with Crippen LogP contribution in [0.1, 0.15) is 36.8 Å². The molecule has 6 rings (SSSR count). The van der Waals surface area contributed by atoms with Crippen molar-refractivity contribution in [1.29, 1.82) is 0 Å². The molecule has 3 unspecified atom stereocenters. The predicted molar refractivity (Wildman–Crippen MR) is 124 cm³/mol. The lowest BCUT2D eigenvalue weighted by atomic mass is 9.99. The molecular weight excluding hydrogens is 410 g/mol. The Morgan fingerprint density at radius 1 is 1.07 bits per heavy atom. The van der Waals surface area contributed by atoms with Gasteiger partial charge in [-0.2, -0.15) is 0 Å². The van der Waals surface area contributed by atoms with Gasteiger partial charge in [0.15, 0.2) is 10.3 Å². The van der Waals surface area contributed by atoms with Crippen molar-refractivity contribution in [2.75, 3.05) is 5.75 Å². The fourth-order valence-corrected chi connectivity index (χ4v) is 6.75. The first-order valence-electron chi connectivity index (χ1n) is 10.3. The van der Waals surface area contributed by atoms with E-state index in [0.29, 0.717) is 6.04 Å². The molecule has 0 amide bonds. The van der Waals surface area contributed by atoms with Crippen molar-refractivity contribution in [3.8, 4) is 5.13 Å². The van der Waals surface area contributed by atoms with Gasteiger partial charge in [-0.05, 0) is 42.8 Å². The maximum Gasteiger partial charge on any atom is 0.194 e. The zero-order chi connectivity index (χ0) is 20.1. The van der Waals surface area contributed by atoms with Gasteiger partial charge < -0.3 is 4.90 Å². The van der Waals surface area contributed by atoms with Crippen LogP contribution in [0.4, 0.5) is 0 Å². The molecule has 1 fully saturated rings. The third kappa shape index (κ3) is 2.80. The number of thiazole rings is 1. The van der Waals surface area contributed by atoms with E-state index in [2.05, 4.69) is 70.0 Å². The second kappa shape index (κ2) is 7.25. The van der Waals surface area contributed by atoms with Crippen molar-refractivity contribution in [3.05, 3.63) is 78.4 Å². The quantitative estimate of drug-likeness (QED) is 0.430. The molecule has 0 spiro atoms. The molecule has 2 aliphatic heterocycles. The summed E-state index contributed by atoms with van der Waals surface area (Å²) in [5.74, 6) is 1.10. The van der Waals surface area contributed by atoms with Crippen molar-refractivity contribution < 1.29 is 0 Å². The molecule has 0 bridgehead atoms. The normalized spacial score (nSPS) is 23.2. The predicted octanol–water partition coefficient (Wildman–Crippen LogP) is 5.46. The van der Waals surface area contributed by atoms with Crippen LogP contribution in [0.15, 0.2) is 72.0 Å². The molecule has 5 heterocycles. The first kappa shape index (κ1) is 18.2. The SMILES string of the molecule is CCC1CSC2=NC(c3ccccn3)C(c3cccn3-c3nc4ccccc4s3)N21. The summed E-state index contributed by atoms with van der Waals surface area (Å²) in [6.07, 6.45) is 5.11. The lowest BCUT2D eigenvalue weighted by Crippen LogP contribution is -2.36. The summed E-state index contributed by atoms with van der Waals surface area (Å²) >= 11 is 3.61. The number of hydrogen-bond acceptors (Lipinski definition) is 6. The first-order chi connectivity index (χ1) is 14.8. The molecule has 2 aliphatic rings. The number of amidine groups is 1. The number of fused-ring (bicyclic) bond motifs is 2. The lowest BCUT2D eigenvalue weighted by molar-refractivity contribution is 0.249. The van der Waals surface area contributed by atoms with Crippen LogP contribution in [-0.4, -0.2) is 36.4 Å². The van der Waals surface area contributed by atoms with Gasteiger partial charge in [-0.3, -0.25) is 14.5 Å². The molecule has 0 aliphatic carbocycles. The molecule has 1 aromatic carbocycles. The average Bonchev–Trinajstić information content (AvgIpc) is 3.55. The topological polar surface area (TPSA) is 46.3 Å². The number of aromatic nitrogens is 3. The van der Waals surface area contributed by atoms with Gasteiger partial charge in [0.25, 0.3) is 0 Å². The molecule has 0 N–H and O–H groups in total. The molecule has 0 radical (unpaired) electrons. The zero-order valence-corrected chi connectivity index (χ0v) is 18.2. The van der Waals surface area contributed by atoms with Crippen LogP contribution < -0.4 is 0 Å². The van der Waals surface area contributed by atoms with Gasteiger partial charge in [-0.1, -0.05) is 48.2 Å². The standard InChI is InChI=1S/C23H21N5S2/c1-2-15-14-29-23-26-20(17-9-5-6-12-24-17)21(28(15)23)18-10-7-13-27(18)22-25-16-8-3-4-11-19(16)30-22/h3-13,15,20-21H,2,14H2,1H3. The molecule has 1 saturated heterocycles. The lowest BCUT2D eigenvalue weighted by Gasteiger charge is -2.32. The van der Waals surface area contributed by atoms with E-state index in [0.717, 1.165) is 33.7 Å². The monoisotopic (exact) mass is 431 g/mol. The van der Waals surface area contributed by atoms with Crippen LogP contribution in [0.2, 0.25) is 0 Å². The second-order valence-electron chi connectivity index (χ2n) is 7.60. The smallest absolute Gasteiger partial charge is 0.194 e. The fraction of sp³-hybridized carbons (Fsp3) is 0.261. The number of rotatable bonds is 4. The van der Waals surface area contributed by atoms with Gasteiger partial charge in [0, 0.05) is 24.2 Å². The Kier molecular flexibility index (Phi) is 4.39. The highest BCUT2D eigenvalue weighted by Crippen LogP contribution is 2.49. The number of nitrogens with zero attached hydrogens (tertiary/aromatic N) is 5. The summed E-state index contributed by atoms with van der Waals surface area (Å²) in [5.41, 5.74) is 3.30. The van der Waals surface area contributed by atoms with Crippen molar-refractivity contribution >= 4 is 38.5 Å². The van der Waals surface area contributed by atoms with E-state index < -0.39 is 0 Å². The van der Waals surface area contributed by atoms with Gasteiger partial charge in [0.1, 0.15) is 12.1 Å². The van der Waals surface area contributed by atoms with Crippen LogP contribution in [0.5, 0.6) is 0 Å². The molecule has 7 heteroatoms. The van der Waals surface area contributed by atoms with Crippen LogP contribution in [0, 0.1) is 0 Å². The van der Waals surface area contributed by atoms with E-state index >= 15 is 0 Å². The van der Waals surface area contributed by atoms with Gasteiger partial charge in [-0.25, -0.2) is 4.98 Å². The molecule has 4 aromatic rings. The number of aliphatic imine (C=N–C) groups is 1. The summed E-state index contributed by atoms with van der Waals surface area (Å²) in [7, 11) is 0. The van der Waals surface area contributed by atoms with E-state index in [1.807, 2.05) is 30.1 Å². The zero-order valence-electron chi connectivity index (χ0n) is 16.5. The van der Waals surface area contributed by atoms with E-state index in [9.17, 15) is 0 Å². The Morgan fingerprint density at radius 2 is 1.97 bits per heavy atom. The molecular formula is C23H21N5S2. The van der Waals surface area contributed by atoms with E-state index in [1.165, 1.54) is 10.4 Å². The Morgan fingerprint density at radius 3 is 2.80 bits per heavy atom. The van der Waals surface area contributed by atoms with Crippen molar-refractivity contribution in [3.63, 3.8) is 0 Å². The maximum atomic E-state index is 5.15. The summed E-state index contributed by atoms with van der Waals surface area (Å²) in [6, 6.07) is 19.4. The van der Waals surface area contributed by atoms with Crippen LogP contribution in [0.3, 0.4) is 0 Å². The third-order valence-electron chi connectivity index (χ3n) is 5.90. The number of pyridine rings is 1. The van der Waals surface area contributed by atoms with E-state index in [-0.39, 0.29) is 12.1 Å². The van der Waals surface area contributed by atoms with Crippen LogP contribution in [0.25, 0.3) is 15.3 Å². The molecule has 5 nitrogen and oxygen atoms in total. The van der Waals surface area contributed by atoms with Crippen molar-refractivity contribution in [2.24, 2.45) is 4.99 Å². The van der Waals surface area contributed by atoms with Gasteiger partial charge in [0.2, 0.25) is 0 Å². The summed E-state index contributed by atoms with van der Waals surface area (Å²) in [5, 5.41) is 2.16. The van der Waals surface area contributed by atoms with Crippen LogP contribution >= 0.6 is 23.1 Å². The summed E-state index contributed by atoms with van der Waals surface area (Å²) in [4.78, 5) is 17.3. The van der Waals surface area contributed by atoms with Gasteiger partial charge in [-0.15, -0.1) is 0 Å². The fourth-order valence-electron chi connectivity index (χ4n) is 4.44. The minimum Gasteiger partial charge on any atom is -0.337 e. The molecule has 3 atom stereocenters. The highest BCUT2D eigenvalue weighted by molar-refractivity contribution is 8.14. The van der Waals surface area contributed by atoms with Gasteiger partial charge >= 0.3 is 0 Å². The third-order valence-corrected chi connectivity index (χ3v) is 8.06. The van der Waals surface area contributed by atoms with Crippen molar-refractivity contribution in [2.45, 2.75) is 31.5 Å². The maximum absolute atomic E-state index is 5.15. The molecule has 3 aromatic heterocycles. The minimum absolute atomic E-state index is 0.00826. The Labute approximate surface area is 183 Å². The molecule has 0 saturated carbocycles. The summed E-state index contributed by atoms with van der Waals surface area (Å²) < 4.78 is 3.46. The number of hydrogen-bond donors (Lipinski definition) is 0. The first-order valence-corrected chi connectivity index (χ1v) is 12.1. The minimum atomic E-state index is -0.00826. The highest BCUT2D eigenvalue weighted by atomic mass is 32.2. The Bertz CT molecular complexity index is 1200. The average molecular weight is 432 g/mol. The van der Waals surface area contributed by atoms with Gasteiger partial charge in [0.05, 0.1) is 21.6 Å².